The van der Waals surface area contributed by atoms with Gasteiger partial charge >= 0.3 is 0 Å². The molecule has 46 heavy (non-hydrogen) atoms. The van der Waals surface area contributed by atoms with Crippen molar-refractivity contribution in [3.05, 3.63) is 88.9 Å². The van der Waals surface area contributed by atoms with E-state index >= 15 is 0 Å². The number of amides is 2. The molecule has 0 bridgehead atoms. The number of benzene rings is 3. The van der Waals surface area contributed by atoms with Crippen LogP contribution >= 0.6 is 11.6 Å². The third-order valence-corrected chi connectivity index (χ3v) is 10.0. The molecule has 3 aromatic carbocycles. The molecule has 1 saturated carbocycles. The molecule has 1 N–H and O–H groups in total. The Balaban J connectivity index is 1.38. The number of carbonyl (C=O) groups excluding carboxylic acids is 2. The van der Waals surface area contributed by atoms with Gasteiger partial charge in [0.2, 0.25) is 21.8 Å². The summed E-state index contributed by atoms with van der Waals surface area (Å²) in [6, 6.07) is 21.3. The Bertz CT molecular complexity index is 1600. The minimum absolute atomic E-state index is 0.0308. The van der Waals surface area contributed by atoms with Gasteiger partial charge in [-0.05, 0) is 48.6 Å². The summed E-state index contributed by atoms with van der Waals surface area (Å²) in [4.78, 5) is 29.8. The number of nitrogens with one attached hydrogen (secondary N) is 1. The van der Waals surface area contributed by atoms with E-state index in [1.807, 2.05) is 48.5 Å². The first-order chi connectivity index (χ1) is 22.2. The predicted molar refractivity (Wildman–Crippen MR) is 180 cm³/mol. The Morgan fingerprint density at radius 3 is 2.35 bits per heavy atom. The van der Waals surface area contributed by atoms with Crippen molar-refractivity contribution < 1.29 is 27.5 Å². The van der Waals surface area contributed by atoms with Gasteiger partial charge in [-0.1, -0.05) is 79.4 Å². The second-order valence-corrected chi connectivity index (χ2v) is 14.2. The van der Waals surface area contributed by atoms with Crippen LogP contribution in [0.4, 0.5) is 5.69 Å². The zero-order chi connectivity index (χ0) is 32.5. The quantitative estimate of drug-likeness (QED) is 0.249. The normalized spacial score (nSPS) is 15.5. The highest BCUT2D eigenvalue weighted by atomic mass is 35.5. The van der Waals surface area contributed by atoms with E-state index in [9.17, 15) is 18.0 Å². The summed E-state index contributed by atoms with van der Waals surface area (Å²) in [7, 11) is -3.67. The molecule has 246 valence electrons. The van der Waals surface area contributed by atoms with Crippen molar-refractivity contribution >= 4 is 39.1 Å². The zero-order valence-corrected chi connectivity index (χ0v) is 27.8. The minimum atomic E-state index is -3.67. The standard InChI is InChI=1S/C35H42ClN3O6S/c1-46(42,43)39(29-18-19-32-33(24-29)45-22-21-44-32)20-10-17-34(40)38(25-27-13-8-9-16-30(27)36)31(23-26-11-4-2-5-12-26)35(41)37-28-14-6-3-7-15-28/h2,4-5,8-9,11-13,16,18-19,24,28,31H,3,6-7,10,14-15,17,20-23,25H2,1H3,(H,37,41). The fourth-order valence-electron chi connectivity index (χ4n) is 6.10. The van der Waals surface area contributed by atoms with Gasteiger partial charge in [-0.2, -0.15) is 0 Å². The minimum Gasteiger partial charge on any atom is -0.486 e. The van der Waals surface area contributed by atoms with Gasteiger partial charge in [-0.15, -0.1) is 0 Å². The number of anilines is 1. The lowest BCUT2D eigenvalue weighted by molar-refractivity contribution is -0.141. The molecular weight excluding hydrogens is 626 g/mol. The number of carbonyl (C=O) groups is 2. The Morgan fingerprint density at radius 2 is 1.63 bits per heavy atom. The Hall–Kier alpha value is -3.76. The van der Waals surface area contributed by atoms with Crippen LogP contribution in [0, 0.1) is 0 Å². The summed E-state index contributed by atoms with van der Waals surface area (Å²) in [5, 5.41) is 3.75. The highest BCUT2D eigenvalue weighted by Gasteiger charge is 2.32. The van der Waals surface area contributed by atoms with E-state index in [0.29, 0.717) is 41.8 Å². The number of sulfonamides is 1. The van der Waals surface area contributed by atoms with Gasteiger partial charge in [0.05, 0.1) is 11.9 Å². The first kappa shape index (κ1) is 33.6. The maximum absolute atomic E-state index is 14.1. The summed E-state index contributed by atoms with van der Waals surface area (Å²) in [5.74, 6) is 0.595. The van der Waals surface area contributed by atoms with Crippen molar-refractivity contribution in [1.82, 2.24) is 10.2 Å². The van der Waals surface area contributed by atoms with Gasteiger partial charge in [0, 0.05) is 43.1 Å². The summed E-state index contributed by atoms with van der Waals surface area (Å²) in [6.07, 6.45) is 6.88. The lowest BCUT2D eigenvalue weighted by Crippen LogP contribution is -2.53. The number of fused-ring (bicyclic) bond motifs is 1. The van der Waals surface area contributed by atoms with Crippen LogP contribution in [0.25, 0.3) is 0 Å². The predicted octanol–water partition coefficient (Wildman–Crippen LogP) is 5.75. The molecule has 3 aromatic rings. The molecule has 11 heteroatoms. The van der Waals surface area contributed by atoms with Gasteiger partial charge in [0.25, 0.3) is 0 Å². The Morgan fingerprint density at radius 1 is 0.935 bits per heavy atom. The van der Waals surface area contributed by atoms with Gasteiger partial charge in [-0.25, -0.2) is 8.42 Å². The van der Waals surface area contributed by atoms with Crippen LogP contribution in [0.3, 0.4) is 0 Å². The van der Waals surface area contributed by atoms with Gasteiger partial charge in [0.15, 0.2) is 11.5 Å². The summed E-state index contributed by atoms with van der Waals surface area (Å²) in [6.45, 7) is 1.02. The largest absolute Gasteiger partial charge is 0.486 e. The lowest BCUT2D eigenvalue weighted by atomic mass is 9.94. The molecule has 1 unspecified atom stereocenters. The van der Waals surface area contributed by atoms with E-state index < -0.39 is 16.1 Å². The monoisotopic (exact) mass is 667 g/mol. The summed E-state index contributed by atoms with van der Waals surface area (Å²) >= 11 is 6.56. The van der Waals surface area contributed by atoms with E-state index in [1.54, 1.807) is 29.2 Å². The third-order valence-electron chi connectivity index (χ3n) is 8.49. The molecule has 1 aliphatic heterocycles. The molecule has 5 rings (SSSR count). The van der Waals surface area contributed by atoms with Gasteiger partial charge in [0.1, 0.15) is 19.3 Å². The molecule has 2 aliphatic rings. The fraction of sp³-hybridized carbons (Fsp3) is 0.429. The van der Waals surface area contributed by atoms with Crippen LogP contribution < -0.4 is 19.1 Å². The SMILES string of the molecule is CS(=O)(=O)N(CCCC(=O)N(Cc1ccccc1Cl)C(Cc1ccccc1)C(=O)NC1CCCCC1)c1ccc2c(c1)OCCO2. The second-order valence-electron chi connectivity index (χ2n) is 11.9. The topological polar surface area (TPSA) is 105 Å². The average Bonchev–Trinajstić information content (AvgIpc) is 3.05. The van der Waals surface area contributed by atoms with Crippen molar-refractivity contribution in [2.75, 3.05) is 30.3 Å². The average molecular weight is 668 g/mol. The lowest BCUT2D eigenvalue weighted by Gasteiger charge is -2.34. The molecule has 0 saturated heterocycles. The van der Waals surface area contributed by atoms with Crippen molar-refractivity contribution in [3.8, 4) is 11.5 Å². The van der Waals surface area contributed by atoms with E-state index in [4.69, 9.17) is 21.1 Å². The van der Waals surface area contributed by atoms with Crippen LogP contribution in [0.1, 0.15) is 56.1 Å². The number of nitrogens with zero attached hydrogens (tertiary/aromatic N) is 2. The fourth-order valence-corrected chi connectivity index (χ4v) is 7.25. The van der Waals surface area contributed by atoms with Gasteiger partial charge < -0.3 is 19.7 Å². The van der Waals surface area contributed by atoms with E-state index in [-0.39, 0.29) is 43.8 Å². The van der Waals surface area contributed by atoms with E-state index in [2.05, 4.69) is 5.32 Å². The maximum atomic E-state index is 14.1. The molecule has 1 aliphatic carbocycles. The van der Waals surface area contributed by atoms with Gasteiger partial charge in [-0.3, -0.25) is 13.9 Å². The highest BCUT2D eigenvalue weighted by Crippen LogP contribution is 2.35. The van der Waals surface area contributed by atoms with Crippen LogP contribution in [0.15, 0.2) is 72.8 Å². The Labute approximate surface area is 276 Å². The smallest absolute Gasteiger partial charge is 0.243 e. The van der Waals surface area contributed by atoms with Crippen LogP contribution in [0.2, 0.25) is 5.02 Å². The molecule has 2 amide bonds. The maximum Gasteiger partial charge on any atom is 0.243 e. The molecule has 1 fully saturated rings. The number of rotatable bonds is 13. The molecule has 0 aromatic heterocycles. The number of hydrogen-bond donors (Lipinski definition) is 1. The van der Waals surface area contributed by atoms with Crippen LogP contribution in [-0.2, 0) is 32.6 Å². The third kappa shape index (κ3) is 8.94. The Kier molecular flexibility index (Phi) is 11.5. The molecular formula is C35H42ClN3O6S. The first-order valence-electron chi connectivity index (χ1n) is 15.9. The van der Waals surface area contributed by atoms with Crippen molar-refractivity contribution in [3.63, 3.8) is 0 Å². The number of halogens is 1. The van der Waals surface area contributed by atoms with Crippen molar-refractivity contribution in [1.29, 1.82) is 0 Å². The van der Waals surface area contributed by atoms with Crippen LogP contribution in [-0.4, -0.2) is 63.2 Å². The first-order valence-corrected chi connectivity index (χ1v) is 18.2. The second kappa shape index (κ2) is 15.7. The molecule has 0 spiro atoms. The van der Waals surface area contributed by atoms with E-state index in [1.165, 1.54) is 4.31 Å². The molecule has 1 atom stereocenters. The molecule has 1 heterocycles. The summed E-state index contributed by atoms with van der Waals surface area (Å²) in [5.41, 5.74) is 2.10. The van der Waals surface area contributed by atoms with Crippen molar-refractivity contribution in [2.24, 2.45) is 0 Å². The number of ether oxygens (including phenoxy) is 2. The molecule has 9 nitrogen and oxygen atoms in total. The summed E-state index contributed by atoms with van der Waals surface area (Å²) < 4.78 is 38.3. The van der Waals surface area contributed by atoms with Crippen LogP contribution in [0.5, 0.6) is 11.5 Å². The highest BCUT2D eigenvalue weighted by molar-refractivity contribution is 7.92. The molecule has 0 radical (unpaired) electrons. The number of hydrogen-bond acceptors (Lipinski definition) is 6. The van der Waals surface area contributed by atoms with E-state index in [0.717, 1.165) is 49.5 Å². The zero-order valence-electron chi connectivity index (χ0n) is 26.2. The van der Waals surface area contributed by atoms with Crippen molar-refractivity contribution in [2.45, 2.75) is 70.0 Å².